The van der Waals surface area contributed by atoms with Gasteiger partial charge in [0.05, 0.1) is 9.83 Å². The Morgan fingerprint density at radius 1 is 1.24 bits per heavy atom. The van der Waals surface area contributed by atoms with Crippen LogP contribution in [0, 0.1) is 6.92 Å². The molecule has 3 nitrogen and oxygen atoms in total. The van der Waals surface area contributed by atoms with Crippen LogP contribution in [-0.2, 0) is 10.0 Å². The van der Waals surface area contributed by atoms with Crippen LogP contribution in [0.3, 0.4) is 0 Å². The highest BCUT2D eigenvalue weighted by molar-refractivity contribution is 9.11. The average Bonchev–Trinajstić information content (AvgIpc) is 3.08. The number of sulfonamides is 1. The lowest BCUT2D eigenvalue weighted by atomic mass is 10.0. The second-order valence-electron chi connectivity index (χ2n) is 5.19. The Bertz CT molecular complexity index is 755. The zero-order chi connectivity index (χ0) is 15.0. The van der Waals surface area contributed by atoms with Crippen molar-refractivity contribution in [2.24, 2.45) is 0 Å². The molecule has 0 amide bonds. The van der Waals surface area contributed by atoms with Crippen LogP contribution in [0.25, 0.3) is 0 Å². The molecule has 1 saturated heterocycles. The zero-order valence-electron chi connectivity index (χ0n) is 11.6. The third-order valence-electron chi connectivity index (χ3n) is 3.86. The van der Waals surface area contributed by atoms with Gasteiger partial charge in [-0.15, -0.1) is 11.3 Å². The van der Waals surface area contributed by atoms with Gasteiger partial charge in [-0.3, -0.25) is 0 Å². The van der Waals surface area contributed by atoms with Crippen LogP contribution >= 0.6 is 27.3 Å². The smallest absolute Gasteiger partial charge is 0.206 e. The highest BCUT2D eigenvalue weighted by atomic mass is 79.9. The third kappa shape index (κ3) is 2.82. The lowest BCUT2D eigenvalue weighted by Gasteiger charge is -2.25. The van der Waals surface area contributed by atoms with Gasteiger partial charge < -0.3 is 0 Å². The number of hydrogen-bond acceptors (Lipinski definition) is 3. The highest BCUT2D eigenvalue weighted by Crippen LogP contribution is 2.39. The molecule has 0 aliphatic carbocycles. The number of nitrogens with zero attached hydrogens (tertiary/aromatic N) is 1. The summed E-state index contributed by atoms with van der Waals surface area (Å²) in [6.45, 7) is 2.64. The van der Waals surface area contributed by atoms with Crippen LogP contribution in [-0.4, -0.2) is 19.3 Å². The summed E-state index contributed by atoms with van der Waals surface area (Å²) < 4.78 is 28.6. The summed E-state index contributed by atoms with van der Waals surface area (Å²) in [7, 11) is -3.41. The fourth-order valence-corrected chi connectivity index (χ4v) is 6.66. The summed E-state index contributed by atoms with van der Waals surface area (Å²) in [6, 6.07) is 11.5. The first-order chi connectivity index (χ1) is 10.00. The lowest BCUT2D eigenvalue weighted by Crippen LogP contribution is -2.30. The molecular weight excluding hydrogens is 370 g/mol. The first-order valence-electron chi connectivity index (χ1n) is 6.83. The second kappa shape index (κ2) is 5.83. The predicted molar refractivity (Wildman–Crippen MR) is 89.1 cm³/mol. The summed E-state index contributed by atoms with van der Waals surface area (Å²) in [5.41, 5.74) is 2.27. The van der Waals surface area contributed by atoms with Gasteiger partial charge in [0.1, 0.15) is 4.21 Å². The Kier molecular flexibility index (Phi) is 4.23. The summed E-state index contributed by atoms with van der Waals surface area (Å²) in [5.74, 6) is 0. The fourth-order valence-electron chi connectivity index (χ4n) is 2.85. The first kappa shape index (κ1) is 15.2. The van der Waals surface area contributed by atoms with Gasteiger partial charge >= 0.3 is 0 Å². The summed E-state index contributed by atoms with van der Waals surface area (Å²) in [4.78, 5) is 0. The van der Waals surface area contributed by atoms with Crippen molar-refractivity contribution in [3.63, 3.8) is 0 Å². The molecule has 1 aromatic carbocycles. The molecule has 112 valence electrons. The van der Waals surface area contributed by atoms with Crippen LogP contribution in [0.4, 0.5) is 0 Å². The minimum atomic E-state index is -3.41. The number of thiophene rings is 1. The quantitative estimate of drug-likeness (QED) is 0.787. The molecule has 1 atom stereocenters. The molecule has 0 N–H and O–H groups in total. The Balaban J connectivity index is 2.00. The van der Waals surface area contributed by atoms with Crippen LogP contribution in [0.2, 0.25) is 0 Å². The number of halogens is 1. The average molecular weight is 386 g/mol. The molecule has 0 spiro atoms. The van der Waals surface area contributed by atoms with Gasteiger partial charge in [0, 0.05) is 6.54 Å². The molecule has 3 rings (SSSR count). The van der Waals surface area contributed by atoms with E-state index >= 15 is 0 Å². The summed E-state index contributed by atoms with van der Waals surface area (Å²) >= 11 is 4.61. The van der Waals surface area contributed by atoms with E-state index in [-0.39, 0.29) is 6.04 Å². The Labute approximate surface area is 137 Å². The van der Waals surface area contributed by atoms with Crippen molar-refractivity contribution in [3.8, 4) is 0 Å². The maximum Gasteiger partial charge on any atom is 0.253 e. The number of rotatable bonds is 3. The van der Waals surface area contributed by atoms with Crippen LogP contribution in [0.1, 0.15) is 30.0 Å². The Morgan fingerprint density at radius 2 is 2.00 bits per heavy atom. The standard InChI is InChI=1S/C15H16BrNO2S2/c1-11-5-2-3-6-12(11)13-7-4-10-17(13)21(18,19)15-9-8-14(16)20-15/h2-3,5-6,8-9,13H,4,7,10H2,1H3/t13-/m1/s1. The molecule has 0 radical (unpaired) electrons. The predicted octanol–water partition coefficient (Wildman–Crippen LogP) is 4.34. The highest BCUT2D eigenvalue weighted by Gasteiger charge is 2.37. The molecule has 2 heterocycles. The molecule has 1 fully saturated rings. The van der Waals surface area contributed by atoms with E-state index in [2.05, 4.69) is 15.9 Å². The van der Waals surface area contributed by atoms with Crippen molar-refractivity contribution in [1.29, 1.82) is 0 Å². The van der Waals surface area contributed by atoms with Gasteiger partial charge in [-0.1, -0.05) is 24.3 Å². The van der Waals surface area contributed by atoms with Crippen molar-refractivity contribution in [2.45, 2.75) is 30.0 Å². The van der Waals surface area contributed by atoms with E-state index < -0.39 is 10.0 Å². The molecule has 0 unspecified atom stereocenters. The van der Waals surface area contributed by atoms with E-state index in [9.17, 15) is 8.42 Å². The maximum atomic E-state index is 12.9. The monoisotopic (exact) mass is 385 g/mol. The van der Waals surface area contributed by atoms with Crippen molar-refractivity contribution in [1.82, 2.24) is 4.31 Å². The van der Waals surface area contributed by atoms with Crippen molar-refractivity contribution < 1.29 is 8.42 Å². The molecule has 1 aliphatic heterocycles. The van der Waals surface area contributed by atoms with E-state index in [1.165, 1.54) is 11.3 Å². The van der Waals surface area contributed by atoms with Crippen molar-refractivity contribution in [3.05, 3.63) is 51.3 Å². The van der Waals surface area contributed by atoms with Crippen LogP contribution < -0.4 is 0 Å². The molecule has 1 aliphatic rings. The molecular formula is C15H16BrNO2S2. The first-order valence-corrected chi connectivity index (χ1v) is 9.88. The normalized spacial score (nSPS) is 20.0. The Morgan fingerprint density at radius 3 is 2.67 bits per heavy atom. The van der Waals surface area contributed by atoms with E-state index in [0.717, 1.165) is 27.8 Å². The molecule has 1 aromatic heterocycles. The van der Waals surface area contributed by atoms with E-state index in [1.54, 1.807) is 16.4 Å². The maximum absolute atomic E-state index is 12.9. The van der Waals surface area contributed by atoms with Gasteiger partial charge in [0.2, 0.25) is 0 Å². The second-order valence-corrected chi connectivity index (χ2v) is 9.77. The van der Waals surface area contributed by atoms with Crippen molar-refractivity contribution in [2.75, 3.05) is 6.54 Å². The molecule has 0 bridgehead atoms. The number of hydrogen-bond donors (Lipinski definition) is 0. The topological polar surface area (TPSA) is 37.4 Å². The fraction of sp³-hybridized carbons (Fsp3) is 0.333. The SMILES string of the molecule is Cc1ccccc1[C@H]1CCCN1S(=O)(=O)c1ccc(Br)s1. The van der Waals surface area contributed by atoms with Crippen molar-refractivity contribution >= 4 is 37.3 Å². The Hall–Kier alpha value is -0.690. The summed E-state index contributed by atoms with van der Waals surface area (Å²) in [6.07, 6.45) is 1.79. The van der Waals surface area contributed by atoms with E-state index in [4.69, 9.17) is 0 Å². The van der Waals surface area contributed by atoms with Crippen LogP contribution in [0.15, 0.2) is 44.4 Å². The van der Waals surface area contributed by atoms with Gasteiger partial charge in [0.15, 0.2) is 0 Å². The summed E-state index contributed by atoms with van der Waals surface area (Å²) in [5, 5.41) is 0. The van der Waals surface area contributed by atoms with E-state index in [1.807, 2.05) is 31.2 Å². The minimum Gasteiger partial charge on any atom is -0.206 e. The number of aryl methyl sites for hydroxylation is 1. The molecule has 6 heteroatoms. The largest absolute Gasteiger partial charge is 0.253 e. The number of benzene rings is 1. The van der Waals surface area contributed by atoms with Crippen LogP contribution in [0.5, 0.6) is 0 Å². The van der Waals surface area contributed by atoms with Gasteiger partial charge in [-0.25, -0.2) is 8.42 Å². The van der Waals surface area contributed by atoms with Gasteiger partial charge in [0.25, 0.3) is 10.0 Å². The van der Waals surface area contributed by atoms with E-state index in [0.29, 0.717) is 10.8 Å². The molecule has 0 saturated carbocycles. The zero-order valence-corrected chi connectivity index (χ0v) is 14.8. The minimum absolute atomic E-state index is 0.0444. The lowest BCUT2D eigenvalue weighted by molar-refractivity contribution is 0.397. The molecule has 2 aromatic rings. The van der Waals surface area contributed by atoms with Gasteiger partial charge in [-0.05, 0) is 59.0 Å². The van der Waals surface area contributed by atoms with Gasteiger partial charge in [-0.2, -0.15) is 4.31 Å². The third-order valence-corrected chi connectivity index (χ3v) is 7.86. The molecule has 21 heavy (non-hydrogen) atoms.